The van der Waals surface area contributed by atoms with Crippen molar-refractivity contribution < 1.29 is 17.9 Å². The Bertz CT molecular complexity index is 723. The highest BCUT2D eigenvalue weighted by Gasteiger charge is 2.17. The smallest absolute Gasteiger partial charge is 0.199 e. The number of ether oxygens (including phenoxy) is 1. The van der Waals surface area contributed by atoms with E-state index in [1.165, 1.54) is 13.0 Å². The summed E-state index contributed by atoms with van der Waals surface area (Å²) >= 11 is 0. The van der Waals surface area contributed by atoms with Gasteiger partial charge in [-0.25, -0.2) is 13.2 Å². The Morgan fingerprint density at radius 1 is 1.15 bits per heavy atom. The lowest BCUT2D eigenvalue weighted by atomic mass is 10.1. The maximum absolute atomic E-state index is 13.9. The van der Waals surface area contributed by atoms with E-state index in [9.17, 15) is 13.2 Å². The first-order chi connectivity index (χ1) is 9.43. The first kappa shape index (κ1) is 13.7. The molecule has 2 N–H and O–H groups in total. The van der Waals surface area contributed by atoms with Crippen molar-refractivity contribution in [1.29, 1.82) is 5.26 Å². The Morgan fingerprint density at radius 2 is 1.85 bits per heavy atom. The van der Waals surface area contributed by atoms with Gasteiger partial charge in [-0.2, -0.15) is 5.26 Å². The summed E-state index contributed by atoms with van der Waals surface area (Å²) in [5.74, 6) is -3.36. The second-order valence-corrected chi connectivity index (χ2v) is 4.07. The molecule has 0 aromatic heterocycles. The number of nitrogens with two attached hydrogens (primary N) is 1. The van der Waals surface area contributed by atoms with Gasteiger partial charge in [0.2, 0.25) is 0 Å². The zero-order chi connectivity index (χ0) is 14.9. The molecule has 0 saturated heterocycles. The Balaban J connectivity index is 2.46. The minimum absolute atomic E-state index is 0.0378. The molecule has 0 heterocycles. The van der Waals surface area contributed by atoms with Crippen LogP contribution in [0, 0.1) is 35.7 Å². The number of nitrogen functional groups attached to an aromatic ring is 1. The molecule has 0 atom stereocenters. The monoisotopic (exact) mass is 278 g/mol. The highest BCUT2D eigenvalue weighted by atomic mass is 19.1. The minimum Gasteiger partial charge on any atom is -0.451 e. The molecule has 0 aliphatic heterocycles. The summed E-state index contributed by atoms with van der Waals surface area (Å²) in [4.78, 5) is 0. The van der Waals surface area contributed by atoms with Gasteiger partial charge in [-0.1, -0.05) is 0 Å². The molecular weight excluding hydrogens is 269 g/mol. The number of halogens is 3. The van der Waals surface area contributed by atoms with E-state index < -0.39 is 23.2 Å². The molecule has 0 saturated carbocycles. The summed E-state index contributed by atoms with van der Waals surface area (Å²) < 4.78 is 45.7. The van der Waals surface area contributed by atoms with Gasteiger partial charge < -0.3 is 10.5 Å². The van der Waals surface area contributed by atoms with Gasteiger partial charge in [-0.05, 0) is 19.1 Å². The topological polar surface area (TPSA) is 59.0 Å². The standard InChI is InChI=1S/C14H9F3N2O/c1-7-12(19)5-11(16)14(13(7)17)20-9-2-3-10(15)8(4-9)6-18/h2-5H,19H2,1H3. The van der Waals surface area contributed by atoms with Crippen LogP contribution in [0.2, 0.25) is 0 Å². The summed E-state index contributed by atoms with van der Waals surface area (Å²) in [6.07, 6.45) is 0. The lowest BCUT2D eigenvalue weighted by Gasteiger charge is -2.11. The van der Waals surface area contributed by atoms with E-state index in [2.05, 4.69) is 0 Å². The van der Waals surface area contributed by atoms with Gasteiger partial charge in [0, 0.05) is 23.4 Å². The average Bonchev–Trinajstić information content (AvgIpc) is 2.43. The van der Waals surface area contributed by atoms with Crippen LogP contribution in [0.5, 0.6) is 11.5 Å². The SMILES string of the molecule is Cc1c(N)cc(F)c(Oc2ccc(F)c(C#N)c2)c1F. The van der Waals surface area contributed by atoms with E-state index in [0.717, 1.165) is 18.2 Å². The maximum Gasteiger partial charge on any atom is 0.199 e. The molecule has 0 spiro atoms. The van der Waals surface area contributed by atoms with Crippen LogP contribution in [-0.2, 0) is 0 Å². The maximum atomic E-state index is 13.9. The number of benzene rings is 2. The van der Waals surface area contributed by atoms with Gasteiger partial charge in [-0.3, -0.25) is 0 Å². The molecule has 0 aliphatic carbocycles. The highest BCUT2D eigenvalue weighted by Crippen LogP contribution is 2.32. The second kappa shape index (κ2) is 5.13. The molecule has 2 rings (SSSR count). The average molecular weight is 278 g/mol. The predicted molar refractivity (Wildman–Crippen MR) is 66.7 cm³/mol. The van der Waals surface area contributed by atoms with Gasteiger partial charge in [0.15, 0.2) is 17.4 Å². The predicted octanol–water partition coefficient (Wildman–Crippen LogP) is 3.66. The quantitative estimate of drug-likeness (QED) is 0.853. The summed E-state index contributed by atoms with van der Waals surface area (Å²) in [6, 6.07) is 5.74. The largest absolute Gasteiger partial charge is 0.451 e. The van der Waals surface area contributed by atoms with Crippen LogP contribution in [0.1, 0.15) is 11.1 Å². The number of nitrogens with zero attached hydrogens (tertiary/aromatic N) is 1. The van der Waals surface area contributed by atoms with Crippen molar-refractivity contribution in [3.05, 3.63) is 52.8 Å². The molecule has 0 unspecified atom stereocenters. The Labute approximate surface area is 113 Å². The van der Waals surface area contributed by atoms with Gasteiger partial charge in [-0.15, -0.1) is 0 Å². The Morgan fingerprint density at radius 3 is 2.50 bits per heavy atom. The van der Waals surface area contributed by atoms with E-state index in [1.54, 1.807) is 6.07 Å². The van der Waals surface area contributed by atoms with Gasteiger partial charge in [0.1, 0.15) is 17.6 Å². The summed E-state index contributed by atoms with van der Waals surface area (Å²) in [7, 11) is 0. The number of hydrogen-bond donors (Lipinski definition) is 1. The lowest BCUT2D eigenvalue weighted by molar-refractivity contribution is 0.405. The molecule has 0 fully saturated rings. The van der Waals surface area contributed by atoms with Crippen molar-refractivity contribution in [3.8, 4) is 17.6 Å². The van der Waals surface area contributed by atoms with Crippen molar-refractivity contribution in [1.82, 2.24) is 0 Å². The van der Waals surface area contributed by atoms with E-state index in [-0.39, 0.29) is 22.6 Å². The van der Waals surface area contributed by atoms with Crippen LogP contribution >= 0.6 is 0 Å². The molecule has 0 aliphatic rings. The number of nitriles is 1. The fourth-order valence-electron chi connectivity index (χ4n) is 1.58. The summed E-state index contributed by atoms with van der Waals surface area (Å²) in [5, 5.41) is 8.69. The van der Waals surface area contributed by atoms with Crippen molar-refractivity contribution in [2.45, 2.75) is 6.92 Å². The molecule has 102 valence electrons. The Hall–Kier alpha value is -2.68. The van der Waals surface area contributed by atoms with Crippen molar-refractivity contribution in [3.63, 3.8) is 0 Å². The molecule has 6 heteroatoms. The molecule has 0 bridgehead atoms. The lowest BCUT2D eigenvalue weighted by Crippen LogP contribution is -2.00. The highest BCUT2D eigenvalue weighted by molar-refractivity contribution is 5.52. The van der Waals surface area contributed by atoms with Crippen molar-refractivity contribution in [2.24, 2.45) is 0 Å². The summed E-state index contributed by atoms with van der Waals surface area (Å²) in [6.45, 7) is 1.38. The third-order valence-electron chi connectivity index (χ3n) is 2.74. The van der Waals surface area contributed by atoms with Crippen LogP contribution in [0.4, 0.5) is 18.9 Å². The van der Waals surface area contributed by atoms with Crippen molar-refractivity contribution >= 4 is 5.69 Å². The molecular formula is C14H9F3N2O. The van der Waals surface area contributed by atoms with Crippen LogP contribution in [0.25, 0.3) is 0 Å². The fraction of sp³-hybridized carbons (Fsp3) is 0.0714. The molecule has 2 aromatic rings. The molecule has 0 amide bonds. The number of hydrogen-bond acceptors (Lipinski definition) is 3. The van der Waals surface area contributed by atoms with Crippen LogP contribution in [0.3, 0.4) is 0 Å². The summed E-state index contributed by atoms with van der Waals surface area (Å²) in [5.41, 5.74) is 5.15. The van der Waals surface area contributed by atoms with Gasteiger partial charge in [0.05, 0.1) is 5.56 Å². The second-order valence-electron chi connectivity index (χ2n) is 4.07. The fourth-order valence-corrected chi connectivity index (χ4v) is 1.58. The van der Waals surface area contributed by atoms with Crippen LogP contribution in [-0.4, -0.2) is 0 Å². The van der Waals surface area contributed by atoms with E-state index in [4.69, 9.17) is 15.7 Å². The molecule has 2 aromatic carbocycles. The molecule has 0 radical (unpaired) electrons. The van der Waals surface area contributed by atoms with Gasteiger partial charge >= 0.3 is 0 Å². The van der Waals surface area contributed by atoms with Crippen LogP contribution < -0.4 is 10.5 Å². The van der Waals surface area contributed by atoms with Gasteiger partial charge in [0.25, 0.3) is 0 Å². The normalized spacial score (nSPS) is 10.2. The van der Waals surface area contributed by atoms with E-state index in [1.807, 2.05) is 0 Å². The number of rotatable bonds is 2. The number of anilines is 1. The zero-order valence-electron chi connectivity index (χ0n) is 10.4. The van der Waals surface area contributed by atoms with Crippen LogP contribution in [0.15, 0.2) is 24.3 Å². The first-order valence-electron chi connectivity index (χ1n) is 5.55. The molecule has 3 nitrogen and oxygen atoms in total. The van der Waals surface area contributed by atoms with E-state index in [0.29, 0.717) is 0 Å². The molecule has 20 heavy (non-hydrogen) atoms. The minimum atomic E-state index is -0.978. The third kappa shape index (κ3) is 2.38. The first-order valence-corrected chi connectivity index (χ1v) is 5.55. The van der Waals surface area contributed by atoms with E-state index >= 15 is 0 Å². The Kier molecular flexibility index (Phi) is 3.53. The van der Waals surface area contributed by atoms with Crippen molar-refractivity contribution in [2.75, 3.05) is 5.73 Å². The third-order valence-corrected chi connectivity index (χ3v) is 2.74. The zero-order valence-corrected chi connectivity index (χ0v) is 10.4.